The van der Waals surface area contributed by atoms with E-state index in [1.54, 1.807) is 27.7 Å². The molecule has 0 aromatic heterocycles. The van der Waals surface area contributed by atoms with Gasteiger partial charge in [-0.2, -0.15) is 0 Å². The van der Waals surface area contributed by atoms with Crippen LogP contribution in [0, 0.1) is 11.8 Å². The van der Waals surface area contributed by atoms with Gasteiger partial charge in [0.25, 0.3) is 0 Å². The number of rotatable bonds is 7. The molecule has 1 atom stereocenters. The van der Waals surface area contributed by atoms with Crippen molar-refractivity contribution in [1.82, 2.24) is 0 Å². The van der Waals surface area contributed by atoms with Crippen LogP contribution in [-0.4, -0.2) is 28.9 Å². The number of aliphatic carboxylic acids is 1. The van der Waals surface area contributed by atoms with Crippen LogP contribution in [0.15, 0.2) is 12.2 Å². The Bertz CT molecular complexity index is 341. The van der Waals surface area contributed by atoms with Gasteiger partial charge in [0.1, 0.15) is 0 Å². The molecule has 0 aliphatic carbocycles. The SMILES string of the molecule is CC(C)OC(=O)/C=C/C(=O)CC(C(=O)O)C(C)C. The summed E-state index contributed by atoms with van der Waals surface area (Å²) in [6.07, 6.45) is 1.74. The zero-order chi connectivity index (χ0) is 14.3. The number of ether oxygens (including phenoxy) is 1. The highest BCUT2D eigenvalue weighted by molar-refractivity contribution is 5.97. The van der Waals surface area contributed by atoms with Gasteiger partial charge in [0.15, 0.2) is 5.78 Å². The predicted octanol–water partition coefficient (Wildman–Crippen LogP) is 1.81. The van der Waals surface area contributed by atoms with Crippen LogP contribution in [0.2, 0.25) is 0 Å². The fourth-order valence-electron chi connectivity index (χ4n) is 1.33. The maximum atomic E-state index is 11.5. The van der Waals surface area contributed by atoms with Crippen molar-refractivity contribution in [2.24, 2.45) is 11.8 Å². The van der Waals surface area contributed by atoms with E-state index in [9.17, 15) is 14.4 Å². The summed E-state index contributed by atoms with van der Waals surface area (Å²) in [4.78, 5) is 33.5. The summed E-state index contributed by atoms with van der Waals surface area (Å²) in [5.74, 6) is -2.87. The number of esters is 1. The lowest BCUT2D eigenvalue weighted by Crippen LogP contribution is -2.22. The van der Waals surface area contributed by atoms with Crippen LogP contribution in [0.25, 0.3) is 0 Å². The van der Waals surface area contributed by atoms with E-state index in [-0.39, 0.29) is 18.4 Å². The molecule has 0 rings (SSSR count). The van der Waals surface area contributed by atoms with Gasteiger partial charge >= 0.3 is 11.9 Å². The van der Waals surface area contributed by atoms with Gasteiger partial charge in [0.05, 0.1) is 12.0 Å². The Hall–Kier alpha value is -1.65. The highest BCUT2D eigenvalue weighted by Crippen LogP contribution is 2.16. The molecule has 0 aromatic rings. The molecule has 0 amide bonds. The van der Waals surface area contributed by atoms with Crippen molar-refractivity contribution in [1.29, 1.82) is 0 Å². The number of carboxylic acids is 1. The van der Waals surface area contributed by atoms with Gasteiger partial charge in [-0.15, -0.1) is 0 Å². The molecular formula is C13H20O5. The molecule has 0 aliphatic heterocycles. The smallest absolute Gasteiger partial charge is 0.331 e. The molecule has 18 heavy (non-hydrogen) atoms. The van der Waals surface area contributed by atoms with Gasteiger partial charge in [-0.1, -0.05) is 13.8 Å². The van der Waals surface area contributed by atoms with Gasteiger partial charge in [-0.3, -0.25) is 9.59 Å². The summed E-state index contributed by atoms with van der Waals surface area (Å²) < 4.78 is 4.81. The minimum absolute atomic E-state index is 0.113. The van der Waals surface area contributed by atoms with E-state index in [4.69, 9.17) is 9.84 Å². The third-order valence-corrected chi connectivity index (χ3v) is 2.30. The average molecular weight is 256 g/mol. The molecule has 0 aliphatic rings. The Morgan fingerprint density at radius 2 is 1.67 bits per heavy atom. The second-order valence-electron chi connectivity index (χ2n) is 4.68. The number of carbonyl (C=O) groups is 3. The highest BCUT2D eigenvalue weighted by Gasteiger charge is 2.23. The second-order valence-corrected chi connectivity index (χ2v) is 4.68. The Morgan fingerprint density at radius 3 is 2.06 bits per heavy atom. The van der Waals surface area contributed by atoms with E-state index in [1.165, 1.54) is 0 Å². The zero-order valence-electron chi connectivity index (χ0n) is 11.2. The lowest BCUT2D eigenvalue weighted by Gasteiger charge is -2.13. The summed E-state index contributed by atoms with van der Waals surface area (Å²) >= 11 is 0. The first kappa shape index (κ1) is 16.4. The fraction of sp³-hybridized carbons (Fsp3) is 0.615. The summed E-state index contributed by atoms with van der Waals surface area (Å²) in [6, 6.07) is 0. The number of ketones is 1. The molecule has 5 nitrogen and oxygen atoms in total. The van der Waals surface area contributed by atoms with Crippen molar-refractivity contribution in [3.8, 4) is 0 Å². The van der Waals surface area contributed by atoms with E-state index in [1.807, 2.05) is 0 Å². The summed E-state index contributed by atoms with van der Waals surface area (Å²) in [5.41, 5.74) is 0. The molecule has 0 saturated carbocycles. The Labute approximate surface area is 107 Å². The minimum Gasteiger partial charge on any atom is -0.481 e. The standard InChI is InChI=1S/C13H20O5/c1-8(2)11(13(16)17)7-10(14)5-6-12(15)18-9(3)4/h5-6,8-9,11H,7H2,1-4H3,(H,16,17)/b6-5+. The molecule has 0 spiro atoms. The largest absolute Gasteiger partial charge is 0.481 e. The van der Waals surface area contributed by atoms with Crippen LogP contribution < -0.4 is 0 Å². The highest BCUT2D eigenvalue weighted by atomic mass is 16.5. The van der Waals surface area contributed by atoms with Gasteiger partial charge in [0, 0.05) is 12.5 Å². The van der Waals surface area contributed by atoms with Crippen LogP contribution in [0.3, 0.4) is 0 Å². The summed E-state index contributed by atoms with van der Waals surface area (Å²) in [6.45, 7) is 6.88. The van der Waals surface area contributed by atoms with E-state index >= 15 is 0 Å². The van der Waals surface area contributed by atoms with Gasteiger partial charge in [-0.05, 0) is 25.8 Å². The molecular weight excluding hydrogens is 236 g/mol. The van der Waals surface area contributed by atoms with Crippen LogP contribution in [-0.2, 0) is 19.1 Å². The lowest BCUT2D eigenvalue weighted by atomic mass is 9.91. The first-order valence-electron chi connectivity index (χ1n) is 5.88. The number of hydrogen-bond acceptors (Lipinski definition) is 4. The maximum Gasteiger partial charge on any atom is 0.331 e. The third kappa shape index (κ3) is 6.83. The van der Waals surface area contributed by atoms with E-state index in [0.717, 1.165) is 12.2 Å². The number of carbonyl (C=O) groups excluding carboxylic acids is 2. The molecule has 5 heteroatoms. The third-order valence-electron chi connectivity index (χ3n) is 2.30. The molecule has 0 aromatic carbocycles. The molecule has 0 radical (unpaired) electrons. The van der Waals surface area contributed by atoms with Crippen LogP contribution >= 0.6 is 0 Å². The minimum atomic E-state index is -1.00. The van der Waals surface area contributed by atoms with Crippen molar-refractivity contribution >= 4 is 17.7 Å². The van der Waals surface area contributed by atoms with Gasteiger partial charge in [-0.25, -0.2) is 4.79 Å². The quantitative estimate of drug-likeness (QED) is 0.555. The van der Waals surface area contributed by atoms with Gasteiger partial charge in [0.2, 0.25) is 0 Å². The van der Waals surface area contributed by atoms with E-state index in [0.29, 0.717) is 0 Å². The zero-order valence-corrected chi connectivity index (χ0v) is 11.2. The molecule has 0 bridgehead atoms. The normalized spacial score (nSPS) is 13.0. The predicted molar refractivity (Wildman–Crippen MR) is 66.0 cm³/mol. The first-order chi connectivity index (χ1) is 8.23. The molecule has 1 N–H and O–H groups in total. The van der Waals surface area contributed by atoms with Crippen molar-refractivity contribution < 1.29 is 24.2 Å². The number of carboxylic acid groups (broad SMARTS) is 1. The van der Waals surface area contributed by atoms with Crippen molar-refractivity contribution in [3.63, 3.8) is 0 Å². The monoisotopic (exact) mass is 256 g/mol. The molecule has 0 fully saturated rings. The summed E-state index contributed by atoms with van der Waals surface area (Å²) in [5, 5.41) is 8.92. The number of hydrogen-bond donors (Lipinski definition) is 1. The number of allylic oxidation sites excluding steroid dienone is 1. The lowest BCUT2D eigenvalue weighted by molar-refractivity contribution is -0.144. The molecule has 1 unspecified atom stereocenters. The molecule has 0 saturated heterocycles. The van der Waals surface area contributed by atoms with Gasteiger partial charge < -0.3 is 9.84 Å². The maximum absolute atomic E-state index is 11.5. The topological polar surface area (TPSA) is 80.7 Å². The van der Waals surface area contributed by atoms with Crippen molar-refractivity contribution in [2.75, 3.05) is 0 Å². The average Bonchev–Trinajstić information content (AvgIpc) is 2.21. The Balaban J connectivity index is 4.37. The fourth-order valence-corrected chi connectivity index (χ4v) is 1.33. The molecule has 102 valence electrons. The summed E-state index contributed by atoms with van der Waals surface area (Å²) in [7, 11) is 0. The first-order valence-corrected chi connectivity index (χ1v) is 5.88. The van der Waals surface area contributed by atoms with E-state index in [2.05, 4.69) is 0 Å². The Morgan fingerprint density at radius 1 is 1.11 bits per heavy atom. The van der Waals surface area contributed by atoms with Crippen LogP contribution in [0.4, 0.5) is 0 Å². The van der Waals surface area contributed by atoms with Crippen molar-refractivity contribution in [3.05, 3.63) is 12.2 Å². The van der Waals surface area contributed by atoms with Crippen LogP contribution in [0.1, 0.15) is 34.1 Å². The second kappa shape index (κ2) is 7.63. The molecule has 0 heterocycles. The van der Waals surface area contributed by atoms with Crippen molar-refractivity contribution in [2.45, 2.75) is 40.2 Å². The van der Waals surface area contributed by atoms with E-state index < -0.39 is 23.6 Å². The Kier molecular flexibility index (Phi) is 6.93. The van der Waals surface area contributed by atoms with Crippen LogP contribution in [0.5, 0.6) is 0 Å².